The lowest BCUT2D eigenvalue weighted by molar-refractivity contribution is 0.112. The van der Waals surface area contributed by atoms with Crippen molar-refractivity contribution in [1.82, 2.24) is 0 Å². The summed E-state index contributed by atoms with van der Waals surface area (Å²) in [5.74, 6) is 0. The molecule has 0 N–H and O–H groups in total. The average Bonchev–Trinajstić information content (AvgIpc) is 2.16. The molecule has 0 fully saturated rings. The Labute approximate surface area is 91.7 Å². The van der Waals surface area contributed by atoms with Gasteiger partial charge >= 0.3 is 0 Å². The molecule has 1 aromatic carbocycles. The molecule has 0 bridgehead atoms. The summed E-state index contributed by atoms with van der Waals surface area (Å²) in [7, 11) is 0. The van der Waals surface area contributed by atoms with E-state index in [0.29, 0.717) is 11.1 Å². The molecular formula is C11H10BrNO. The lowest BCUT2D eigenvalue weighted by Crippen LogP contribution is -2.00. The second-order valence-electron chi connectivity index (χ2n) is 3.21. The fourth-order valence-electron chi connectivity index (χ4n) is 1.55. The smallest absolute Gasteiger partial charge is 0.150 e. The van der Waals surface area contributed by atoms with E-state index in [2.05, 4.69) is 22.0 Å². The monoisotopic (exact) mass is 251 g/mol. The predicted molar refractivity (Wildman–Crippen MR) is 58.5 cm³/mol. The van der Waals surface area contributed by atoms with Gasteiger partial charge in [0.25, 0.3) is 0 Å². The Hall–Kier alpha value is -1.14. The van der Waals surface area contributed by atoms with Gasteiger partial charge in [-0.25, -0.2) is 0 Å². The molecule has 1 aromatic rings. The Kier molecular flexibility index (Phi) is 3.07. The summed E-state index contributed by atoms with van der Waals surface area (Å²) in [6, 6.07) is 2.12. The zero-order chi connectivity index (χ0) is 10.9. The van der Waals surface area contributed by atoms with E-state index in [1.165, 1.54) is 0 Å². The minimum Gasteiger partial charge on any atom is -0.298 e. The van der Waals surface area contributed by atoms with Crippen molar-refractivity contribution in [2.24, 2.45) is 0 Å². The number of halogens is 1. The average molecular weight is 252 g/mol. The van der Waals surface area contributed by atoms with Crippen LogP contribution in [0.4, 0.5) is 0 Å². The van der Waals surface area contributed by atoms with Crippen LogP contribution >= 0.6 is 15.9 Å². The van der Waals surface area contributed by atoms with Crippen molar-refractivity contribution >= 4 is 22.2 Å². The number of rotatable bonds is 1. The molecule has 2 nitrogen and oxygen atoms in total. The third kappa shape index (κ3) is 1.46. The van der Waals surface area contributed by atoms with Gasteiger partial charge < -0.3 is 0 Å². The number of carbonyl (C=O) groups excluding carboxylic acids is 1. The van der Waals surface area contributed by atoms with Crippen molar-refractivity contribution < 1.29 is 4.79 Å². The second kappa shape index (κ2) is 3.93. The van der Waals surface area contributed by atoms with Crippen LogP contribution in [0.2, 0.25) is 0 Å². The molecule has 0 spiro atoms. The van der Waals surface area contributed by atoms with Crippen LogP contribution in [0.1, 0.15) is 32.6 Å². The van der Waals surface area contributed by atoms with E-state index in [0.717, 1.165) is 27.4 Å². The molecule has 0 amide bonds. The summed E-state index contributed by atoms with van der Waals surface area (Å²) >= 11 is 3.39. The maximum Gasteiger partial charge on any atom is 0.150 e. The molecule has 3 heteroatoms. The maximum absolute atomic E-state index is 10.8. The number of carbonyl (C=O) groups is 1. The van der Waals surface area contributed by atoms with Gasteiger partial charge in [0.2, 0.25) is 0 Å². The van der Waals surface area contributed by atoms with Crippen LogP contribution < -0.4 is 0 Å². The van der Waals surface area contributed by atoms with Crippen LogP contribution in [0.25, 0.3) is 0 Å². The minimum atomic E-state index is 0.588. The van der Waals surface area contributed by atoms with E-state index >= 15 is 0 Å². The van der Waals surface area contributed by atoms with Crippen molar-refractivity contribution in [3.63, 3.8) is 0 Å². The van der Waals surface area contributed by atoms with Crippen LogP contribution in [0.15, 0.2) is 4.47 Å². The normalized spacial score (nSPS) is 9.64. The summed E-state index contributed by atoms with van der Waals surface area (Å²) in [4.78, 5) is 10.8. The van der Waals surface area contributed by atoms with Crippen molar-refractivity contribution in [3.8, 4) is 6.07 Å². The van der Waals surface area contributed by atoms with Gasteiger partial charge in [0.05, 0.1) is 11.6 Å². The lowest BCUT2D eigenvalue weighted by atomic mass is 9.95. The molecule has 0 saturated carbocycles. The van der Waals surface area contributed by atoms with Crippen LogP contribution in [-0.2, 0) is 0 Å². The van der Waals surface area contributed by atoms with Gasteiger partial charge in [0.15, 0.2) is 6.29 Å². The predicted octanol–water partition coefficient (Wildman–Crippen LogP) is 3.06. The standard InChI is InChI=1S/C11H10BrNO/c1-6-9(4-13)7(2)11(12)8(3)10(6)5-14/h5H,1-3H3. The number of aldehydes is 1. The van der Waals surface area contributed by atoms with Gasteiger partial charge in [-0.15, -0.1) is 0 Å². The van der Waals surface area contributed by atoms with Gasteiger partial charge in [-0.1, -0.05) is 15.9 Å². The Morgan fingerprint density at radius 1 is 1.21 bits per heavy atom. The van der Waals surface area contributed by atoms with Crippen LogP contribution in [0, 0.1) is 32.1 Å². The molecule has 0 radical (unpaired) electrons. The topological polar surface area (TPSA) is 40.9 Å². The minimum absolute atomic E-state index is 0.588. The summed E-state index contributed by atoms with van der Waals surface area (Å²) in [5.41, 5.74) is 3.76. The zero-order valence-electron chi connectivity index (χ0n) is 8.31. The van der Waals surface area contributed by atoms with Crippen molar-refractivity contribution in [1.29, 1.82) is 5.26 Å². The van der Waals surface area contributed by atoms with E-state index in [1.54, 1.807) is 6.92 Å². The van der Waals surface area contributed by atoms with E-state index in [9.17, 15) is 4.79 Å². The lowest BCUT2D eigenvalue weighted by Gasteiger charge is -2.11. The Balaban J connectivity index is 3.75. The SMILES string of the molecule is Cc1c(Br)c(C)c(C=O)c(C)c1C#N. The molecule has 14 heavy (non-hydrogen) atoms. The van der Waals surface area contributed by atoms with E-state index in [1.807, 2.05) is 13.8 Å². The fraction of sp³-hybridized carbons (Fsp3) is 0.273. The first kappa shape index (κ1) is 10.9. The first-order valence-electron chi connectivity index (χ1n) is 4.19. The van der Waals surface area contributed by atoms with Gasteiger partial charge in [0.1, 0.15) is 0 Å². The zero-order valence-corrected chi connectivity index (χ0v) is 9.90. The molecule has 0 heterocycles. The number of benzene rings is 1. The first-order chi connectivity index (χ1) is 6.54. The third-order valence-corrected chi connectivity index (χ3v) is 3.64. The summed E-state index contributed by atoms with van der Waals surface area (Å²) in [6.45, 7) is 5.54. The highest BCUT2D eigenvalue weighted by molar-refractivity contribution is 9.10. The van der Waals surface area contributed by atoms with Gasteiger partial charge in [-0.2, -0.15) is 5.26 Å². The van der Waals surface area contributed by atoms with E-state index in [-0.39, 0.29) is 0 Å². The summed E-state index contributed by atoms with van der Waals surface area (Å²) in [5, 5.41) is 8.95. The van der Waals surface area contributed by atoms with Crippen LogP contribution in [0.3, 0.4) is 0 Å². The summed E-state index contributed by atoms with van der Waals surface area (Å²) in [6.07, 6.45) is 0.801. The van der Waals surface area contributed by atoms with Gasteiger partial charge in [-0.3, -0.25) is 4.79 Å². The molecule has 0 aliphatic rings. The van der Waals surface area contributed by atoms with Crippen molar-refractivity contribution in [3.05, 3.63) is 32.3 Å². The Morgan fingerprint density at radius 2 is 1.79 bits per heavy atom. The molecule has 72 valence electrons. The van der Waals surface area contributed by atoms with Crippen molar-refractivity contribution in [2.45, 2.75) is 20.8 Å². The number of nitriles is 1. The summed E-state index contributed by atoms with van der Waals surface area (Å²) < 4.78 is 0.849. The molecule has 0 saturated heterocycles. The van der Waals surface area contributed by atoms with Gasteiger partial charge in [-0.05, 0) is 37.5 Å². The molecule has 0 unspecified atom stereocenters. The Bertz CT molecular complexity index is 444. The second-order valence-corrected chi connectivity index (χ2v) is 4.00. The molecule has 0 aromatic heterocycles. The quantitative estimate of drug-likeness (QED) is 0.720. The molecule has 0 atom stereocenters. The Morgan fingerprint density at radius 3 is 2.21 bits per heavy atom. The highest BCUT2D eigenvalue weighted by atomic mass is 79.9. The first-order valence-corrected chi connectivity index (χ1v) is 4.98. The van der Waals surface area contributed by atoms with Crippen LogP contribution in [0.5, 0.6) is 0 Å². The highest BCUT2D eigenvalue weighted by Crippen LogP contribution is 2.29. The highest BCUT2D eigenvalue weighted by Gasteiger charge is 2.14. The third-order valence-electron chi connectivity index (χ3n) is 2.45. The molecule has 0 aliphatic carbocycles. The fourth-order valence-corrected chi connectivity index (χ4v) is 1.96. The van der Waals surface area contributed by atoms with E-state index in [4.69, 9.17) is 5.26 Å². The number of nitrogens with zero attached hydrogens (tertiary/aromatic N) is 1. The number of hydrogen-bond donors (Lipinski definition) is 0. The van der Waals surface area contributed by atoms with Crippen LogP contribution in [-0.4, -0.2) is 6.29 Å². The largest absolute Gasteiger partial charge is 0.298 e. The maximum atomic E-state index is 10.8. The molecule has 0 aliphatic heterocycles. The molecular weight excluding hydrogens is 242 g/mol. The van der Waals surface area contributed by atoms with Crippen molar-refractivity contribution in [2.75, 3.05) is 0 Å². The van der Waals surface area contributed by atoms with E-state index < -0.39 is 0 Å². The molecule has 1 rings (SSSR count). The van der Waals surface area contributed by atoms with Gasteiger partial charge in [0, 0.05) is 10.0 Å². The number of hydrogen-bond acceptors (Lipinski definition) is 2.